The second-order valence-corrected chi connectivity index (χ2v) is 4.82. The van der Waals surface area contributed by atoms with Crippen molar-refractivity contribution in [2.45, 2.75) is 30.1 Å². The average molecular weight is 216 g/mol. The third-order valence-electron chi connectivity index (χ3n) is 0.629. The molecule has 10 heavy (non-hydrogen) atoms. The summed E-state index contributed by atoms with van der Waals surface area (Å²) >= 11 is 15.9. The molecule has 0 N–H and O–H groups in total. The van der Waals surface area contributed by atoms with Crippen molar-refractivity contribution in [2.75, 3.05) is 5.75 Å². The van der Waals surface area contributed by atoms with Crippen LogP contribution in [0.1, 0.15) is 20.3 Å². The van der Waals surface area contributed by atoms with Crippen molar-refractivity contribution in [1.82, 2.24) is 0 Å². The van der Waals surface area contributed by atoms with Crippen LogP contribution in [-0.2, 0) is 0 Å². The molecule has 4 heteroatoms. The van der Waals surface area contributed by atoms with E-state index in [0.29, 0.717) is 5.25 Å². The number of rotatable bonds is 2. The quantitative estimate of drug-likeness (QED) is 0.396. The molecule has 0 aromatic rings. The first-order chi connectivity index (χ1) is 4.54. The van der Waals surface area contributed by atoms with Crippen molar-refractivity contribution < 1.29 is 0 Å². The zero-order chi connectivity index (χ0) is 8.57. The fourth-order valence-corrected chi connectivity index (χ4v) is 0. The number of hydrogen-bond acceptors (Lipinski definition) is 4. The summed E-state index contributed by atoms with van der Waals surface area (Å²) in [7, 11) is 0. The van der Waals surface area contributed by atoms with Gasteiger partial charge in [0.1, 0.15) is 0 Å². The molecule has 0 aromatic heterocycles. The Hall–Kier alpha value is 1.40. The van der Waals surface area contributed by atoms with Crippen molar-refractivity contribution in [3.8, 4) is 0 Å². The molecule has 1 atom stereocenters. The van der Waals surface area contributed by atoms with Crippen molar-refractivity contribution in [2.24, 2.45) is 0 Å². The average Bonchev–Trinajstić information content (AvgIpc) is 1.89. The van der Waals surface area contributed by atoms with Crippen LogP contribution >= 0.6 is 50.5 Å². The first-order valence-electron chi connectivity index (χ1n) is 3.19. The highest BCUT2D eigenvalue weighted by Crippen LogP contribution is 2.01. The molecule has 0 nitrogen and oxygen atoms in total. The Morgan fingerprint density at radius 2 is 1.40 bits per heavy atom. The smallest absolute Gasteiger partial charge is 0.0439 e. The van der Waals surface area contributed by atoms with Crippen molar-refractivity contribution in [3.05, 3.63) is 0 Å². The number of thiol groups is 4. The molecule has 0 spiro atoms. The Labute approximate surface area is 86.2 Å². The third kappa shape index (κ3) is 22.7. The van der Waals surface area contributed by atoms with Gasteiger partial charge in [0.05, 0.1) is 0 Å². The molecule has 0 aromatic carbocycles. The molecule has 0 fully saturated rings. The van der Waals surface area contributed by atoms with E-state index in [1.165, 1.54) is 0 Å². The lowest BCUT2D eigenvalue weighted by Gasteiger charge is -1.89. The van der Waals surface area contributed by atoms with Crippen LogP contribution in [-0.4, -0.2) is 15.6 Å². The highest BCUT2D eigenvalue weighted by atomic mass is 32.2. The van der Waals surface area contributed by atoms with Crippen LogP contribution in [0.3, 0.4) is 0 Å². The van der Waals surface area contributed by atoms with E-state index in [0.717, 1.165) is 12.2 Å². The lowest BCUT2D eigenvalue weighted by Crippen LogP contribution is -1.88. The summed E-state index contributed by atoms with van der Waals surface area (Å²) in [6, 6.07) is 0. The standard InChI is InChI=1S/2C3H8S2/c1-3(5)2-4;1-2-3(4)5/h2*3-5H,2H2,1H3. The van der Waals surface area contributed by atoms with Crippen molar-refractivity contribution in [1.29, 1.82) is 0 Å². The van der Waals surface area contributed by atoms with Gasteiger partial charge in [0.25, 0.3) is 0 Å². The van der Waals surface area contributed by atoms with Gasteiger partial charge in [0, 0.05) is 15.6 Å². The van der Waals surface area contributed by atoms with E-state index in [1.807, 2.05) is 13.8 Å². The van der Waals surface area contributed by atoms with E-state index >= 15 is 0 Å². The maximum atomic E-state index is 4.02. The predicted octanol–water partition coefficient (Wildman–Crippen LogP) is 2.82. The minimum Gasteiger partial charge on any atom is -0.178 e. The minimum absolute atomic E-state index is 0.273. The molecule has 0 aliphatic rings. The molecule has 0 aliphatic carbocycles. The summed E-state index contributed by atoms with van der Waals surface area (Å²) in [5.41, 5.74) is 0. The molecule has 64 valence electrons. The molecule has 0 saturated carbocycles. The molecule has 0 rings (SSSR count). The first-order valence-corrected chi connectivity index (χ1v) is 5.37. The summed E-state index contributed by atoms with van der Waals surface area (Å²) in [6.45, 7) is 4.06. The molecule has 0 radical (unpaired) electrons. The van der Waals surface area contributed by atoms with Crippen LogP contribution in [0.15, 0.2) is 0 Å². The maximum absolute atomic E-state index is 4.02. The first kappa shape index (κ1) is 14.0. The zero-order valence-corrected chi connectivity index (χ0v) is 9.94. The van der Waals surface area contributed by atoms with Gasteiger partial charge in [0.2, 0.25) is 0 Å². The second-order valence-electron chi connectivity index (χ2n) is 1.92. The zero-order valence-electron chi connectivity index (χ0n) is 6.36. The summed E-state index contributed by atoms with van der Waals surface area (Å²) in [5.74, 6) is 0.864. The van der Waals surface area contributed by atoms with E-state index in [9.17, 15) is 0 Å². The third-order valence-corrected chi connectivity index (χ3v) is 2.38. The molecule has 0 aliphatic heterocycles. The SMILES string of the molecule is CC(S)CS.CCC(S)S. The van der Waals surface area contributed by atoms with Crippen LogP contribution in [0, 0.1) is 0 Å². The largest absolute Gasteiger partial charge is 0.178 e. The lowest BCUT2D eigenvalue weighted by atomic mass is 10.6. The summed E-state index contributed by atoms with van der Waals surface area (Å²) in [5, 5.41) is 0.443. The fourth-order valence-electron chi connectivity index (χ4n) is 0. The number of hydrogen-bond donors (Lipinski definition) is 4. The summed E-state index contributed by atoms with van der Waals surface area (Å²) < 4.78 is 0.273. The molecular weight excluding hydrogens is 200 g/mol. The van der Waals surface area contributed by atoms with Crippen LogP contribution in [0.5, 0.6) is 0 Å². The van der Waals surface area contributed by atoms with E-state index in [-0.39, 0.29) is 4.58 Å². The molecule has 0 bridgehead atoms. The van der Waals surface area contributed by atoms with Gasteiger partial charge < -0.3 is 0 Å². The monoisotopic (exact) mass is 216 g/mol. The topological polar surface area (TPSA) is 0 Å². The molecule has 1 unspecified atom stereocenters. The van der Waals surface area contributed by atoms with E-state index < -0.39 is 0 Å². The highest BCUT2D eigenvalue weighted by Gasteiger charge is 1.82. The van der Waals surface area contributed by atoms with Gasteiger partial charge in [-0.25, -0.2) is 0 Å². The van der Waals surface area contributed by atoms with Gasteiger partial charge in [0.15, 0.2) is 0 Å². The van der Waals surface area contributed by atoms with E-state index in [2.05, 4.69) is 50.5 Å². The van der Waals surface area contributed by atoms with Crippen molar-refractivity contribution >= 4 is 50.5 Å². The minimum atomic E-state index is 0.273. The van der Waals surface area contributed by atoms with Crippen molar-refractivity contribution in [3.63, 3.8) is 0 Å². The normalized spacial score (nSPS) is 12.3. The summed E-state index contributed by atoms with van der Waals surface area (Å²) in [4.78, 5) is 0. The van der Waals surface area contributed by atoms with Crippen LogP contribution in [0.4, 0.5) is 0 Å². The van der Waals surface area contributed by atoms with Gasteiger partial charge in [-0.3, -0.25) is 0 Å². The Morgan fingerprint density at radius 1 is 1.20 bits per heavy atom. The second kappa shape index (κ2) is 10.4. The van der Waals surface area contributed by atoms with Gasteiger partial charge in [-0.05, 0) is 6.42 Å². The Kier molecular flexibility index (Phi) is 14.5. The van der Waals surface area contributed by atoms with E-state index in [1.54, 1.807) is 0 Å². The highest BCUT2D eigenvalue weighted by molar-refractivity contribution is 7.99. The molecule has 0 heterocycles. The van der Waals surface area contributed by atoms with Crippen LogP contribution < -0.4 is 0 Å². The lowest BCUT2D eigenvalue weighted by molar-refractivity contribution is 1.07. The maximum Gasteiger partial charge on any atom is 0.0439 e. The van der Waals surface area contributed by atoms with Gasteiger partial charge in [-0.15, -0.1) is 0 Å². The Bertz CT molecular complexity index is 45.7. The van der Waals surface area contributed by atoms with Gasteiger partial charge in [-0.1, -0.05) is 13.8 Å². The van der Waals surface area contributed by atoms with Crippen LogP contribution in [0.25, 0.3) is 0 Å². The summed E-state index contributed by atoms with van der Waals surface area (Å²) in [6.07, 6.45) is 1.03. The van der Waals surface area contributed by atoms with E-state index in [4.69, 9.17) is 0 Å². The predicted molar refractivity (Wildman–Crippen MR) is 64.4 cm³/mol. The Balaban J connectivity index is 0. The Morgan fingerprint density at radius 3 is 1.40 bits per heavy atom. The molecule has 0 saturated heterocycles. The molecule has 0 amide bonds. The van der Waals surface area contributed by atoms with Crippen LogP contribution in [0.2, 0.25) is 0 Å². The fraction of sp³-hybridized carbons (Fsp3) is 1.00. The molecular formula is C6H16S4. The van der Waals surface area contributed by atoms with Gasteiger partial charge >= 0.3 is 0 Å². The van der Waals surface area contributed by atoms with Gasteiger partial charge in [-0.2, -0.15) is 50.5 Å².